The number of pyridine rings is 1. The molecule has 0 aliphatic carbocycles. The lowest BCUT2D eigenvalue weighted by atomic mass is 10.1. The molecule has 118 valence electrons. The standard InChI is InChI=1S/C21H17NO2/c1-14-10-15(2)12-17(11-14)23-21-18-13-20(16-6-4-3-5-7-16)24-19(18)8-9-22-21/h3-13H,1-2H3. The first kappa shape index (κ1) is 14.5. The fourth-order valence-electron chi connectivity index (χ4n) is 2.87. The molecule has 2 aromatic heterocycles. The number of benzene rings is 2. The van der Waals surface area contributed by atoms with Crippen LogP contribution in [0.1, 0.15) is 11.1 Å². The Hall–Kier alpha value is -3.07. The van der Waals surface area contributed by atoms with E-state index in [9.17, 15) is 0 Å². The number of aromatic nitrogens is 1. The van der Waals surface area contributed by atoms with Crippen LogP contribution in [0.15, 0.2) is 71.3 Å². The van der Waals surface area contributed by atoms with E-state index in [1.807, 2.05) is 54.6 Å². The average Bonchev–Trinajstić information content (AvgIpc) is 3.00. The molecule has 0 bridgehead atoms. The topological polar surface area (TPSA) is 35.3 Å². The Morgan fingerprint density at radius 1 is 0.875 bits per heavy atom. The van der Waals surface area contributed by atoms with Crippen LogP contribution in [0, 0.1) is 13.8 Å². The van der Waals surface area contributed by atoms with Crippen molar-refractivity contribution >= 4 is 11.0 Å². The second kappa shape index (κ2) is 5.85. The van der Waals surface area contributed by atoms with Gasteiger partial charge in [-0.2, -0.15) is 0 Å². The summed E-state index contributed by atoms with van der Waals surface area (Å²) < 4.78 is 12.0. The minimum Gasteiger partial charge on any atom is -0.456 e. The highest BCUT2D eigenvalue weighted by atomic mass is 16.5. The molecule has 4 rings (SSSR count). The molecule has 0 N–H and O–H groups in total. The Balaban J connectivity index is 1.77. The van der Waals surface area contributed by atoms with E-state index in [-0.39, 0.29) is 0 Å². The molecule has 3 nitrogen and oxygen atoms in total. The number of hydrogen-bond acceptors (Lipinski definition) is 3. The molecule has 2 heterocycles. The Morgan fingerprint density at radius 3 is 2.38 bits per heavy atom. The van der Waals surface area contributed by atoms with Gasteiger partial charge in [-0.15, -0.1) is 0 Å². The van der Waals surface area contributed by atoms with E-state index in [1.165, 1.54) is 0 Å². The van der Waals surface area contributed by atoms with Crippen LogP contribution in [-0.4, -0.2) is 4.98 Å². The molecule has 0 amide bonds. The quantitative estimate of drug-likeness (QED) is 0.472. The summed E-state index contributed by atoms with van der Waals surface area (Å²) in [7, 11) is 0. The van der Waals surface area contributed by atoms with Crippen LogP contribution in [0.3, 0.4) is 0 Å². The van der Waals surface area contributed by atoms with E-state index in [2.05, 4.69) is 24.9 Å². The van der Waals surface area contributed by atoms with Gasteiger partial charge in [0.25, 0.3) is 0 Å². The van der Waals surface area contributed by atoms with Gasteiger partial charge in [-0.05, 0) is 43.2 Å². The molecule has 0 fully saturated rings. The Labute approximate surface area is 140 Å². The molecular formula is C21H17NO2. The summed E-state index contributed by atoms with van der Waals surface area (Å²) in [6.45, 7) is 4.11. The molecular weight excluding hydrogens is 298 g/mol. The van der Waals surface area contributed by atoms with Gasteiger partial charge in [0, 0.05) is 17.8 Å². The summed E-state index contributed by atoms with van der Waals surface area (Å²) in [6.07, 6.45) is 1.71. The van der Waals surface area contributed by atoms with E-state index >= 15 is 0 Å². The molecule has 0 saturated carbocycles. The van der Waals surface area contributed by atoms with Crippen molar-refractivity contribution in [1.82, 2.24) is 4.98 Å². The highest BCUT2D eigenvalue weighted by Gasteiger charge is 2.12. The summed E-state index contributed by atoms with van der Waals surface area (Å²) in [4.78, 5) is 4.39. The highest BCUT2D eigenvalue weighted by Crippen LogP contribution is 2.34. The van der Waals surface area contributed by atoms with Crippen molar-refractivity contribution in [3.05, 3.63) is 78.0 Å². The van der Waals surface area contributed by atoms with Gasteiger partial charge in [0.15, 0.2) is 0 Å². The van der Waals surface area contributed by atoms with Crippen molar-refractivity contribution in [2.75, 3.05) is 0 Å². The van der Waals surface area contributed by atoms with E-state index < -0.39 is 0 Å². The smallest absolute Gasteiger partial charge is 0.230 e. The van der Waals surface area contributed by atoms with E-state index in [4.69, 9.17) is 9.15 Å². The molecule has 0 radical (unpaired) electrons. The van der Waals surface area contributed by atoms with Gasteiger partial charge >= 0.3 is 0 Å². The largest absolute Gasteiger partial charge is 0.456 e. The second-order valence-corrected chi connectivity index (χ2v) is 5.93. The zero-order chi connectivity index (χ0) is 16.5. The lowest BCUT2D eigenvalue weighted by Gasteiger charge is -2.07. The van der Waals surface area contributed by atoms with Gasteiger partial charge in [0.1, 0.15) is 17.1 Å². The zero-order valence-electron chi connectivity index (χ0n) is 13.6. The summed E-state index contributed by atoms with van der Waals surface area (Å²) >= 11 is 0. The van der Waals surface area contributed by atoms with Crippen LogP contribution in [-0.2, 0) is 0 Å². The SMILES string of the molecule is Cc1cc(C)cc(Oc2nccc3oc(-c4ccccc4)cc23)c1. The monoisotopic (exact) mass is 315 g/mol. The Morgan fingerprint density at radius 2 is 1.62 bits per heavy atom. The number of fused-ring (bicyclic) bond motifs is 1. The van der Waals surface area contributed by atoms with Gasteiger partial charge in [-0.1, -0.05) is 36.4 Å². The predicted octanol–water partition coefficient (Wildman–Crippen LogP) is 5.90. The first-order chi connectivity index (χ1) is 11.7. The zero-order valence-corrected chi connectivity index (χ0v) is 13.6. The van der Waals surface area contributed by atoms with Gasteiger partial charge in [0.2, 0.25) is 5.88 Å². The maximum atomic E-state index is 6.03. The molecule has 0 spiro atoms. The molecule has 2 aromatic carbocycles. The van der Waals surface area contributed by atoms with Gasteiger partial charge in [-0.25, -0.2) is 4.98 Å². The van der Waals surface area contributed by atoms with Gasteiger partial charge in [0.05, 0.1) is 5.39 Å². The van der Waals surface area contributed by atoms with Crippen molar-refractivity contribution < 1.29 is 9.15 Å². The summed E-state index contributed by atoms with van der Waals surface area (Å²) in [5.41, 5.74) is 4.12. The number of hydrogen-bond donors (Lipinski definition) is 0. The fraction of sp³-hybridized carbons (Fsp3) is 0.0952. The molecule has 0 atom stereocenters. The molecule has 24 heavy (non-hydrogen) atoms. The van der Waals surface area contributed by atoms with Crippen LogP contribution in [0.25, 0.3) is 22.3 Å². The van der Waals surface area contributed by atoms with Crippen molar-refractivity contribution in [2.24, 2.45) is 0 Å². The third-order valence-corrected chi connectivity index (χ3v) is 3.88. The molecule has 3 heteroatoms. The summed E-state index contributed by atoms with van der Waals surface area (Å²) in [5.74, 6) is 2.15. The predicted molar refractivity (Wildman–Crippen MR) is 95.4 cm³/mol. The molecule has 0 saturated heterocycles. The highest BCUT2D eigenvalue weighted by molar-refractivity contribution is 5.87. The molecule has 4 aromatic rings. The lowest BCUT2D eigenvalue weighted by Crippen LogP contribution is -1.89. The van der Waals surface area contributed by atoms with Crippen LogP contribution >= 0.6 is 0 Å². The van der Waals surface area contributed by atoms with Crippen molar-refractivity contribution in [3.63, 3.8) is 0 Å². The van der Waals surface area contributed by atoms with E-state index in [1.54, 1.807) is 6.20 Å². The first-order valence-electron chi connectivity index (χ1n) is 7.89. The minimum atomic E-state index is 0.559. The van der Waals surface area contributed by atoms with E-state index in [0.717, 1.165) is 39.2 Å². The second-order valence-electron chi connectivity index (χ2n) is 5.93. The number of nitrogens with zero attached hydrogens (tertiary/aromatic N) is 1. The Bertz CT molecular complexity index is 983. The van der Waals surface area contributed by atoms with Gasteiger partial charge in [-0.3, -0.25) is 0 Å². The van der Waals surface area contributed by atoms with Crippen molar-refractivity contribution in [1.29, 1.82) is 0 Å². The van der Waals surface area contributed by atoms with Crippen LogP contribution in [0.4, 0.5) is 0 Å². The van der Waals surface area contributed by atoms with Crippen molar-refractivity contribution in [2.45, 2.75) is 13.8 Å². The first-order valence-corrected chi connectivity index (χ1v) is 7.89. The van der Waals surface area contributed by atoms with E-state index in [0.29, 0.717) is 5.88 Å². The third-order valence-electron chi connectivity index (χ3n) is 3.88. The summed E-state index contributed by atoms with van der Waals surface area (Å²) in [6, 6.07) is 20.0. The van der Waals surface area contributed by atoms with Crippen LogP contribution < -0.4 is 4.74 Å². The van der Waals surface area contributed by atoms with Crippen LogP contribution in [0.5, 0.6) is 11.6 Å². The fourth-order valence-corrected chi connectivity index (χ4v) is 2.87. The maximum Gasteiger partial charge on any atom is 0.230 e. The third kappa shape index (κ3) is 2.76. The number of aryl methyl sites for hydroxylation is 2. The number of ether oxygens (including phenoxy) is 1. The van der Waals surface area contributed by atoms with Crippen LogP contribution in [0.2, 0.25) is 0 Å². The summed E-state index contributed by atoms with van der Waals surface area (Å²) in [5, 5.41) is 0.871. The lowest BCUT2D eigenvalue weighted by molar-refractivity contribution is 0.468. The maximum absolute atomic E-state index is 6.03. The molecule has 0 aliphatic heterocycles. The average molecular weight is 315 g/mol. The van der Waals surface area contributed by atoms with Crippen molar-refractivity contribution in [3.8, 4) is 23.0 Å². The van der Waals surface area contributed by atoms with Gasteiger partial charge < -0.3 is 9.15 Å². The Kier molecular flexibility index (Phi) is 3.54. The number of rotatable bonds is 3. The molecule has 0 unspecified atom stereocenters. The molecule has 0 aliphatic rings. The minimum absolute atomic E-state index is 0.559. The normalized spacial score (nSPS) is 10.9. The number of furan rings is 1.